The van der Waals surface area contributed by atoms with Crippen LogP contribution in [0.5, 0.6) is 0 Å². The maximum absolute atomic E-state index is 14.1. The van der Waals surface area contributed by atoms with Crippen molar-refractivity contribution in [2.75, 3.05) is 18.0 Å². The number of aldehydes is 1. The number of likely N-dealkylation sites (tertiary alicyclic amines) is 1. The van der Waals surface area contributed by atoms with E-state index in [4.69, 9.17) is 4.74 Å². The Morgan fingerprint density at radius 1 is 1.30 bits per heavy atom. The second kappa shape index (κ2) is 5.51. The molecule has 6 heteroatoms. The van der Waals surface area contributed by atoms with Gasteiger partial charge in [-0.05, 0) is 45.4 Å². The molecule has 2 aliphatic rings. The van der Waals surface area contributed by atoms with Crippen molar-refractivity contribution in [3.63, 3.8) is 0 Å². The van der Waals surface area contributed by atoms with Gasteiger partial charge in [-0.15, -0.1) is 0 Å². The predicted octanol–water partition coefficient (Wildman–Crippen LogP) is 2.84. The lowest BCUT2D eigenvalue weighted by Gasteiger charge is -2.36. The van der Waals surface area contributed by atoms with Crippen LogP contribution in [0.1, 0.15) is 37.6 Å². The number of ether oxygens (including phenoxy) is 1. The maximum atomic E-state index is 14.1. The van der Waals surface area contributed by atoms with Crippen molar-refractivity contribution in [1.29, 1.82) is 0 Å². The average molecular weight is 320 g/mol. The smallest absolute Gasteiger partial charge is 0.410 e. The first kappa shape index (κ1) is 15.8. The van der Waals surface area contributed by atoms with E-state index in [1.807, 2.05) is 25.7 Å². The zero-order chi connectivity index (χ0) is 16.8. The molecular weight excluding hydrogens is 299 g/mol. The van der Waals surface area contributed by atoms with Gasteiger partial charge in [0.1, 0.15) is 17.7 Å². The highest BCUT2D eigenvalue weighted by Crippen LogP contribution is 2.36. The number of piperazine rings is 1. The summed E-state index contributed by atoms with van der Waals surface area (Å²) in [6, 6.07) is 4.43. The fourth-order valence-corrected chi connectivity index (χ4v) is 3.33. The van der Waals surface area contributed by atoms with Crippen LogP contribution in [0.25, 0.3) is 0 Å². The molecule has 2 saturated heterocycles. The number of benzene rings is 1. The zero-order valence-electron chi connectivity index (χ0n) is 13.6. The second-order valence-corrected chi connectivity index (χ2v) is 7.16. The molecule has 0 unspecified atom stereocenters. The lowest BCUT2D eigenvalue weighted by molar-refractivity contribution is 0.0214. The molecule has 0 aliphatic carbocycles. The Hall–Kier alpha value is -2.11. The van der Waals surface area contributed by atoms with Gasteiger partial charge in [0.15, 0.2) is 0 Å². The van der Waals surface area contributed by atoms with Gasteiger partial charge in [-0.3, -0.25) is 4.79 Å². The van der Waals surface area contributed by atoms with E-state index < -0.39 is 5.60 Å². The van der Waals surface area contributed by atoms with Crippen LogP contribution in [0.2, 0.25) is 0 Å². The van der Waals surface area contributed by atoms with Crippen LogP contribution in [0, 0.1) is 5.82 Å². The van der Waals surface area contributed by atoms with Crippen molar-refractivity contribution in [2.24, 2.45) is 0 Å². The number of hydrogen-bond donors (Lipinski definition) is 0. The summed E-state index contributed by atoms with van der Waals surface area (Å²) in [7, 11) is 0. The molecule has 2 heterocycles. The number of amides is 1. The van der Waals surface area contributed by atoms with Crippen LogP contribution in [0.4, 0.5) is 14.9 Å². The van der Waals surface area contributed by atoms with Gasteiger partial charge in [-0.2, -0.15) is 0 Å². The lowest BCUT2D eigenvalue weighted by atomic mass is 10.1. The molecule has 0 radical (unpaired) electrons. The van der Waals surface area contributed by atoms with Crippen LogP contribution < -0.4 is 4.90 Å². The molecule has 1 aromatic carbocycles. The molecule has 3 rings (SSSR count). The molecule has 0 aromatic heterocycles. The summed E-state index contributed by atoms with van der Waals surface area (Å²) in [5.41, 5.74) is 0.363. The predicted molar refractivity (Wildman–Crippen MR) is 84.3 cm³/mol. The van der Waals surface area contributed by atoms with Gasteiger partial charge < -0.3 is 14.5 Å². The van der Waals surface area contributed by atoms with Gasteiger partial charge in [0, 0.05) is 24.7 Å². The highest BCUT2D eigenvalue weighted by atomic mass is 19.1. The molecule has 23 heavy (non-hydrogen) atoms. The van der Waals surface area contributed by atoms with Gasteiger partial charge in [-0.25, -0.2) is 9.18 Å². The number of halogens is 1. The van der Waals surface area contributed by atoms with E-state index >= 15 is 0 Å². The number of rotatable bonds is 2. The summed E-state index contributed by atoms with van der Waals surface area (Å²) in [6.07, 6.45) is 1.20. The largest absolute Gasteiger partial charge is 0.444 e. The molecule has 2 atom stereocenters. The van der Waals surface area contributed by atoms with Crippen molar-refractivity contribution >= 4 is 18.1 Å². The van der Waals surface area contributed by atoms with E-state index in [9.17, 15) is 14.0 Å². The number of nitrogens with zero attached hydrogens (tertiary/aromatic N) is 2. The molecule has 2 aliphatic heterocycles. The number of carbonyl (C=O) groups excluding carboxylic acids is 2. The standard InChI is InChI=1S/C17H21FN2O3/c1-17(2,3)23-16(22)20-9-12-7-13(20)8-19(12)15-6-11(10-21)4-5-14(15)18/h4-6,10,12-13H,7-9H2,1-3H3/t12-,13-/m0/s1. The number of anilines is 1. The van der Waals surface area contributed by atoms with E-state index in [-0.39, 0.29) is 24.0 Å². The normalized spacial score (nSPS) is 23.3. The van der Waals surface area contributed by atoms with E-state index in [1.54, 1.807) is 11.0 Å². The lowest BCUT2D eigenvalue weighted by Crippen LogP contribution is -2.50. The zero-order valence-corrected chi connectivity index (χ0v) is 13.6. The molecule has 0 spiro atoms. The van der Waals surface area contributed by atoms with Gasteiger partial charge in [0.25, 0.3) is 0 Å². The minimum Gasteiger partial charge on any atom is -0.444 e. The molecule has 2 fully saturated rings. The minimum absolute atomic E-state index is 0.0223. The van der Waals surface area contributed by atoms with Crippen molar-refractivity contribution in [3.05, 3.63) is 29.6 Å². The van der Waals surface area contributed by atoms with Crippen molar-refractivity contribution in [3.8, 4) is 0 Å². The Kier molecular flexibility index (Phi) is 3.78. The third-order valence-electron chi connectivity index (χ3n) is 4.28. The van der Waals surface area contributed by atoms with Crippen LogP contribution in [0.3, 0.4) is 0 Å². The molecule has 124 valence electrons. The van der Waals surface area contributed by atoms with Crippen molar-refractivity contribution < 1.29 is 18.7 Å². The van der Waals surface area contributed by atoms with E-state index in [2.05, 4.69) is 0 Å². The topological polar surface area (TPSA) is 49.9 Å². The van der Waals surface area contributed by atoms with Gasteiger partial charge in [0.05, 0.1) is 11.7 Å². The molecule has 5 nitrogen and oxygen atoms in total. The first-order chi connectivity index (χ1) is 10.8. The van der Waals surface area contributed by atoms with Crippen LogP contribution in [0.15, 0.2) is 18.2 Å². The van der Waals surface area contributed by atoms with Gasteiger partial charge in [-0.1, -0.05) is 0 Å². The van der Waals surface area contributed by atoms with Crippen molar-refractivity contribution in [1.82, 2.24) is 4.90 Å². The Balaban J connectivity index is 1.74. The number of fused-ring (bicyclic) bond motifs is 2. The maximum Gasteiger partial charge on any atom is 0.410 e. The molecule has 2 bridgehead atoms. The summed E-state index contributed by atoms with van der Waals surface area (Å²) in [4.78, 5) is 26.8. The number of carbonyl (C=O) groups is 2. The van der Waals surface area contributed by atoms with Crippen LogP contribution in [-0.2, 0) is 4.74 Å². The Morgan fingerprint density at radius 3 is 2.61 bits per heavy atom. The highest BCUT2D eigenvalue weighted by Gasteiger charge is 2.47. The van der Waals surface area contributed by atoms with Crippen molar-refractivity contribution in [2.45, 2.75) is 44.9 Å². The molecular formula is C17H21FN2O3. The fourth-order valence-electron chi connectivity index (χ4n) is 3.33. The van der Waals surface area contributed by atoms with E-state index in [0.717, 1.165) is 6.42 Å². The minimum atomic E-state index is -0.525. The monoisotopic (exact) mass is 320 g/mol. The molecule has 0 N–H and O–H groups in total. The van der Waals surface area contributed by atoms with E-state index in [1.165, 1.54) is 12.1 Å². The average Bonchev–Trinajstić information content (AvgIpc) is 3.06. The SMILES string of the molecule is CC(C)(C)OC(=O)N1C[C@@H]2C[C@H]1CN2c1cc(C=O)ccc1F. The first-order valence-corrected chi connectivity index (χ1v) is 7.79. The van der Waals surface area contributed by atoms with Crippen LogP contribution in [-0.4, -0.2) is 48.1 Å². The van der Waals surface area contributed by atoms with Gasteiger partial charge >= 0.3 is 6.09 Å². The fraction of sp³-hybridized carbons (Fsp3) is 0.529. The second-order valence-electron chi connectivity index (χ2n) is 7.16. The van der Waals surface area contributed by atoms with E-state index in [0.29, 0.717) is 30.6 Å². The first-order valence-electron chi connectivity index (χ1n) is 7.79. The summed E-state index contributed by atoms with van der Waals surface area (Å²) in [6.45, 7) is 6.59. The Bertz CT molecular complexity index is 641. The molecule has 1 amide bonds. The van der Waals surface area contributed by atoms with Gasteiger partial charge in [0.2, 0.25) is 0 Å². The summed E-state index contributed by atoms with van der Waals surface area (Å²) >= 11 is 0. The third-order valence-corrected chi connectivity index (χ3v) is 4.28. The Labute approximate surface area is 135 Å². The summed E-state index contributed by atoms with van der Waals surface area (Å²) in [5, 5.41) is 0. The quantitative estimate of drug-likeness (QED) is 0.786. The third kappa shape index (κ3) is 3.02. The summed E-state index contributed by atoms with van der Waals surface area (Å²) < 4.78 is 19.5. The Morgan fingerprint density at radius 2 is 2.04 bits per heavy atom. The molecule has 1 aromatic rings. The summed E-state index contributed by atoms with van der Waals surface area (Å²) in [5.74, 6) is -0.341. The number of hydrogen-bond acceptors (Lipinski definition) is 4. The van der Waals surface area contributed by atoms with Crippen LogP contribution >= 0.6 is 0 Å². The highest BCUT2D eigenvalue weighted by molar-refractivity contribution is 5.77. The molecule has 0 saturated carbocycles.